The van der Waals surface area contributed by atoms with Gasteiger partial charge in [-0.05, 0) is 31.0 Å². The maximum absolute atomic E-state index is 10.9. The van der Waals surface area contributed by atoms with Crippen LogP contribution in [0.15, 0.2) is 18.2 Å². The number of hydrogen-bond acceptors (Lipinski definition) is 3. The lowest BCUT2D eigenvalue weighted by molar-refractivity contribution is -0.141. The molecule has 2 N–H and O–H groups in total. The molecular weight excluding hydrogens is 218 g/mol. The lowest BCUT2D eigenvalue weighted by Crippen LogP contribution is -2.22. The van der Waals surface area contributed by atoms with Crippen molar-refractivity contribution >= 4 is 11.7 Å². The third-order valence-corrected chi connectivity index (χ3v) is 2.74. The van der Waals surface area contributed by atoms with E-state index >= 15 is 0 Å². The summed E-state index contributed by atoms with van der Waals surface area (Å²) in [6, 6.07) is 5.78. The van der Waals surface area contributed by atoms with E-state index in [0.29, 0.717) is 13.0 Å². The largest absolute Gasteiger partial charge is 0.495 e. The SMILES string of the molecule is CCC(CNc1cc(C)ccc1OC)C(=O)O. The number of anilines is 1. The maximum atomic E-state index is 10.9. The fraction of sp³-hybridized carbons (Fsp3) is 0.462. The van der Waals surface area contributed by atoms with E-state index in [1.165, 1.54) is 0 Å². The van der Waals surface area contributed by atoms with Crippen LogP contribution in [0.1, 0.15) is 18.9 Å². The number of hydrogen-bond donors (Lipinski definition) is 2. The Labute approximate surface area is 102 Å². The highest BCUT2D eigenvalue weighted by molar-refractivity contribution is 5.71. The molecular formula is C13H19NO3. The third-order valence-electron chi connectivity index (χ3n) is 2.74. The number of carboxylic acids is 1. The summed E-state index contributed by atoms with van der Waals surface area (Å²) in [5, 5.41) is 12.1. The van der Waals surface area contributed by atoms with E-state index in [2.05, 4.69) is 5.32 Å². The van der Waals surface area contributed by atoms with Gasteiger partial charge in [0.2, 0.25) is 0 Å². The quantitative estimate of drug-likeness (QED) is 0.798. The number of nitrogens with one attached hydrogen (secondary N) is 1. The molecule has 0 aliphatic carbocycles. The van der Waals surface area contributed by atoms with Crippen molar-refractivity contribution in [3.05, 3.63) is 23.8 Å². The Hall–Kier alpha value is -1.71. The number of aliphatic carboxylic acids is 1. The summed E-state index contributed by atoms with van der Waals surface area (Å²) < 4.78 is 5.22. The number of rotatable bonds is 6. The predicted octanol–water partition coefficient (Wildman–Crippen LogP) is 2.53. The predicted molar refractivity (Wildman–Crippen MR) is 67.6 cm³/mol. The summed E-state index contributed by atoms with van der Waals surface area (Å²) >= 11 is 0. The molecule has 0 aliphatic rings. The van der Waals surface area contributed by atoms with E-state index in [4.69, 9.17) is 9.84 Å². The Morgan fingerprint density at radius 1 is 1.53 bits per heavy atom. The van der Waals surface area contributed by atoms with Crippen molar-refractivity contribution in [2.24, 2.45) is 5.92 Å². The average Bonchev–Trinajstić information content (AvgIpc) is 2.29. The second-order valence-corrected chi connectivity index (χ2v) is 4.03. The van der Waals surface area contributed by atoms with E-state index in [1.54, 1.807) is 7.11 Å². The van der Waals surface area contributed by atoms with E-state index in [0.717, 1.165) is 17.0 Å². The van der Waals surface area contributed by atoms with E-state index in [-0.39, 0.29) is 5.92 Å². The summed E-state index contributed by atoms with van der Waals surface area (Å²) in [4.78, 5) is 10.9. The van der Waals surface area contributed by atoms with Crippen LogP contribution in [-0.4, -0.2) is 24.7 Å². The van der Waals surface area contributed by atoms with Crippen molar-refractivity contribution in [2.75, 3.05) is 19.0 Å². The topological polar surface area (TPSA) is 58.6 Å². The Morgan fingerprint density at radius 3 is 2.76 bits per heavy atom. The molecule has 1 aromatic rings. The van der Waals surface area contributed by atoms with Gasteiger partial charge in [0.25, 0.3) is 0 Å². The van der Waals surface area contributed by atoms with Crippen LogP contribution in [0.2, 0.25) is 0 Å². The normalized spacial score (nSPS) is 11.9. The Balaban J connectivity index is 2.73. The number of ether oxygens (including phenoxy) is 1. The number of methoxy groups -OCH3 is 1. The van der Waals surface area contributed by atoms with Crippen LogP contribution < -0.4 is 10.1 Å². The molecule has 1 unspecified atom stereocenters. The zero-order valence-electron chi connectivity index (χ0n) is 10.5. The molecule has 94 valence electrons. The van der Waals surface area contributed by atoms with Gasteiger partial charge in [0.1, 0.15) is 5.75 Å². The molecule has 0 saturated heterocycles. The lowest BCUT2D eigenvalue weighted by atomic mass is 10.1. The van der Waals surface area contributed by atoms with Crippen LogP contribution in [0.3, 0.4) is 0 Å². The smallest absolute Gasteiger partial charge is 0.308 e. The van der Waals surface area contributed by atoms with Gasteiger partial charge in [-0.15, -0.1) is 0 Å². The minimum Gasteiger partial charge on any atom is -0.495 e. The molecule has 0 spiro atoms. The van der Waals surface area contributed by atoms with E-state index in [1.807, 2.05) is 32.0 Å². The van der Waals surface area contributed by atoms with Crippen molar-refractivity contribution in [1.82, 2.24) is 0 Å². The van der Waals surface area contributed by atoms with Crippen LogP contribution in [0.25, 0.3) is 0 Å². The van der Waals surface area contributed by atoms with Crippen LogP contribution in [-0.2, 0) is 4.79 Å². The summed E-state index contributed by atoms with van der Waals surface area (Å²) in [6.45, 7) is 4.26. The van der Waals surface area contributed by atoms with Crippen molar-refractivity contribution in [2.45, 2.75) is 20.3 Å². The first-order valence-corrected chi connectivity index (χ1v) is 5.69. The monoisotopic (exact) mass is 237 g/mol. The molecule has 4 heteroatoms. The summed E-state index contributed by atoms with van der Waals surface area (Å²) in [7, 11) is 1.60. The fourth-order valence-electron chi connectivity index (χ4n) is 1.60. The van der Waals surface area contributed by atoms with Gasteiger partial charge in [-0.25, -0.2) is 0 Å². The van der Waals surface area contributed by atoms with Crippen molar-refractivity contribution in [1.29, 1.82) is 0 Å². The molecule has 0 amide bonds. The number of carboxylic acid groups (broad SMARTS) is 1. The Morgan fingerprint density at radius 2 is 2.24 bits per heavy atom. The van der Waals surface area contributed by atoms with Gasteiger partial charge < -0.3 is 15.2 Å². The molecule has 0 aliphatic heterocycles. The zero-order chi connectivity index (χ0) is 12.8. The van der Waals surface area contributed by atoms with Gasteiger partial charge in [-0.1, -0.05) is 13.0 Å². The van der Waals surface area contributed by atoms with Gasteiger partial charge in [-0.2, -0.15) is 0 Å². The Kier molecular flexibility index (Phi) is 4.82. The highest BCUT2D eigenvalue weighted by atomic mass is 16.5. The van der Waals surface area contributed by atoms with Gasteiger partial charge >= 0.3 is 5.97 Å². The van der Waals surface area contributed by atoms with Crippen molar-refractivity contribution < 1.29 is 14.6 Å². The van der Waals surface area contributed by atoms with Crippen molar-refractivity contribution in [3.8, 4) is 5.75 Å². The first kappa shape index (κ1) is 13.4. The molecule has 0 heterocycles. The number of carbonyl (C=O) groups is 1. The molecule has 1 atom stereocenters. The molecule has 0 saturated carbocycles. The Bertz CT molecular complexity index is 390. The fourth-order valence-corrected chi connectivity index (χ4v) is 1.60. The highest BCUT2D eigenvalue weighted by Gasteiger charge is 2.15. The van der Waals surface area contributed by atoms with Gasteiger partial charge in [0.15, 0.2) is 0 Å². The second-order valence-electron chi connectivity index (χ2n) is 4.03. The zero-order valence-corrected chi connectivity index (χ0v) is 10.5. The lowest BCUT2D eigenvalue weighted by Gasteiger charge is -2.15. The summed E-state index contributed by atoms with van der Waals surface area (Å²) in [5.74, 6) is -0.414. The standard InChI is InChI=1S/C13H19NO3/c1-4-10(13(15)16)8-14-11-7-9(2)5-6-12(11)17-3/h5-7,10,14H,4,8H2,1-3H3,(H,15,16). The first-order chi connectivity index (χ1) is 8.08. The van der Waals surface area contributed by atoms with Crippen LogP contribution in [0, 0.1) is 12.8 Å². The minimum absolute atomic E-state index is 0.375. The first-order valence-electron chi connectivity index (χ1n) is 5.69. The molecule has 0 bridgehead atoms. The van der Waals surface area contributed by atoms with Crippen LogP contribution in [0.4, 0.5) is 5.69 Å². The summed E-state index contributed by atoms with van der Waals surface area (Å²) in [5.41, 5.74) is 1.95. The van der Waals surface area contributed by atoms with Gasteiger partial charge in [0, 0.05) is 6.54 Å². The van der Waals surface area contributed by atoms with E-state index in [9.17, 15) is 4.79 Å². The average molecular weight is 237 g/mol. The van der Waals surface area contributed by atoms with Gasteiger partial charge in [0.05, 0.1) is 18.7 Å². The molecule has 1 rings (SSSR count). The highest BCUT2D eigenvalue weighted by Crippen LogP contribution is 2.25. The van der Waals surface area contributed by atoms with Crippen LogP contribution >= 0.6 is 0 Å². The van der Waals surface area contributed by atoms with Crippen LogP contribution in [0.5, 0.6) is 5.75 Å². The minimum atomic E-state index is -0.772. The molecule has 4 nitrogen and oxygen atoms in total. The second kappa shape index (κ2) is 6.13. The molecule has 0 fully saturated rings. The maximum Gasteiger partial charge on any atom is 0.308 e. The molecule has 0 aromatic heterocycles. The molecule has 0 radical (unpaired) electrons. The molecule has 17 heavy (non-hydrogen) atoms. The number of aryl methyl sites for hydroxylation is 1. The third kappa shape index (κ3) is 3.66. The molecule has 1 aromatic carbocycles. The van der Waals surface area contributed by atoms with E-state index < -0.39 is 5.97 Å². The van der Waals surface area contributed by atoms with Gasteiger partial charge in [-0.3, -0.25) is 4.79 Å². The van der Waals surface area contributed by atoms with Crippen molar-refractivity contribution in [3.63, 3.8) is 0 Å². The summed E-state index contributed by atoms with van der Waals surface area (Å²) in [6.07, 6.45) is 0.608. The number of benzene rings is 1.